The number of aliphatic hydroxyl groups excluding tert-OH is 2. The molecule has 5 heteroatoms. The van der Waals surface area contributed by atoms with Crippen LogP contribution in [0.2, 0.25) is 0 Å². The molecule has 0 radical (unpaired) electrons. The second-order valence-corrected chi connectivity index (χ2v) is 9.24. The number of aliphatic hydroxyl groups is 2. The van der Waals surface area contributed by atoms with Gasteiger partial charge in [0, 0.05) is 30.7 Å². The molecule has 0 heterocycles. The lowest BCUT2D eigenvalue weighted by atomic mass is 9.93. The van der Waals surface area contributed by atoms with Crippen LogP contribution in [0, 0.1) is 0 Å². The molecule has 2 N–H and O–H groups in total. The largest absolute Gasteiger partial charge is 0.392 e. The Morgan fingerprint density at radius 1 is 0.720 bits per heavy atom. The first-order valence-electron chi connectivity index (χ1n) is 9.75. The Labute approximate surface area is 157 Å². The second kappa shape index (κ2) is 10.8. The van der Waals surface area contributed by atoms with Gasteiger partial charge in [-0.2, -0.15) is 0 Å². The minimum atomic E-state index is -0.294. The first kappa shape index (κ1) is 24.8. The van der Waals surface area contributed by atoms with E-state index >= 15 is 0 Å². The maximum Gasteiger partial charge on any atom is 0.0639 e. The van der Waals surface area contributed by atoms with E-state index in [0.717, 1.165) is 38.9 Å². The minimum Gasteiger partial charge on any atom is -0.392 e. The standard InChI is InChI=1S/C20H45N3O2/c1-17(24)15-21(7)13-10-11-19(3,4)22(8)14-12-20(5,6)23(9)16-18(2)25/h17-18,24-25H,10-16H2,1-9H3. The second-order valence-electron chi connectivity index (χ2n) is 9.24. The highest BCUT2D eigenvalue weighted by Crippen LogP contribution is 2.23. The summed E-state index contributed by atoms with van der Waals surface area (Å²) in [4.78, 5) is 6.91. The molecule has 0 aliphatic rings. The van der Waals surface area contributed by atoms with E-state index in [-0.39, 0.29) is 23.3 Å². The van der Waals surface area contributed by atoms with Gasteiger partial charge < -0.3 is 20.0 Å². The molecule has 0 aromatic heterocycles. The van der Waals surface area contributed by atoms with E-state index < -0.39 is 0 Å². The zero-order valence-electron chi connectivity index (χ0n) is 18.3. The van der Waals surface area contributed by atoms with E-state index in [2.05, 4.69) is 63.5 Å². The summed E-state index contributed by atoms with van der Waals surface area (Å²) >= 11 is 0. The summed E-state index contributed by atoms with van der Waals surface area (Å²) in [6, 6.07) is 0. The Hall–Kier alpha value is -0.200. The molecule has 0 aromatic rings. The van der Waals surface area contributed by atoms with Crippen LogP contribution in [0.4, 0.5) is 0 Å². The van der Waals surface area contributed by atoms with E-state index in [1.165, 1.54) is 0 Å². The molecule has 0 aromatic carbocycles. The van der Waals surface area contributed by atoms with Crippen molar-refractivity contribution in [3.63, 3.8) is 0 Å². The third-order valence-corrected chi connectivity index (χ3v) is 5.57. The Bertz CT molecular complexity index is 357. The van der Waals surface area contributed by atoms with E-state index in [1.807, 2.05) is 13.8 Å². The summed E-state index contributed by atoms with van der Waals surface area (Å²) in [5.41, 5.74) is 0.226. The summed E-state index contributed by atoms with van der Waals surface area (Å²) in [5.74, 6) is 0. The zero-order valence-corrected chi connectivity index (χ0v) is 18.3. The van der Waals surface area contributed by atoms with Crippen molar-refractivity contribution in [1.82, 2.24) is 14.7 Å². The predicted molar refractivity (Wildman–Crippen MR) is 108 cm³/mol. The lowest BCUT2D eigenvalue weighted by molar-refractivity contribution is 0.0567. The molecular weight excluding hydrogens is 314 g/mol. The molecule has 0 rings (SSSR count). The molecule has 2 atom stereocenters. The molecule has 152 valence electrons. The van der Waals surface area contributed by atoms with Gasteiger partial charge in [-0.1, -0.05) is 0 Å². The van der Waals surface area contributed by atoms with Crippen LogP contribution < -0.4 is 0 Å². The Morgan fingerprint density at radius 3 is 1.68 bits per heavy atom. The quantitative estimate of drug-likeness (QED) is 0.528. The average molecular weight is 360 g/mol. The molecule has 0 saturated heterocycles. The van der Waals surface area contributed by atoms with Crippen molar-refractivity contribution in [1.29, 1.82) is 0 Å². The summed E-state index contributed by atoms with van der Waals surface area (Å²) < 4.78 is 0. The summed E-state index contributed by atoms with van der Waals surface area (Å²) in [6.45, 7) is 16.3. The summed E-state index contributed by atoms with van der Waals surface area (Å²) in [7, 11) is 6.38. The molecule has 0 fully saturated rings. The summed E-state index contributed by atoms with van der Waals surface area (Å²) in [6.07, 6.45) is 2.78. The maximum absolute atomic E-state index is 9.62. The van der Waals surface area contributed by atoms with E-state index in [9.17, 15) is 10.2 Å². The molecule has 25 heavy (non-hydrogen) atoms. The van der Waals surface area contributed by atoms with Crippen molar-refractivity contribution in [2.24, 2.45) is 0 Å². The van der Waals surface area contributed by atoms with Crippen molar-refractivity contribution in [3.8, 4) is 0 Å². The van der Waals surface area contributed by atoms with Crippen LogP contribution in [0.1, 0.15) is 60.8 Å². The van der Waals surface area contributed by atoms with Crippen molar-refractivity contribution in [2.75, 3.05) is 47.3 Å². The lowest BCUT2D eigenvalue weighted by Gasteiger charge is -2.41. The smallest absolute Gasteiger partial charge is 0.0639 e. The van der Waals surface area contributed by atoms with Crippen molar-refractivity contribution < 1.29 is 10.2 Å². The minimum absolute atomic E-state index is 0.0683. The fourth-order valence-corrected chi connectivity index (χ4v) is 3.09. The molecular formula is C20H45N3O2. The molecule has 0 aliphatic heterocycles. The third kappa shape index (κ3) is 10.5. The molecule has 0 saturated carbocycles. The number of hydrogen-bond donors (Lipinski definition) is 2. The van der Waals surface area contributed by atoms with Crippen LogP contribution >= 0.6 is 0 Å². The van der Waals surface area contributed by atoms with Gasteiger partial charge in [-0.05, 0) is 88.5 Å². The van der Waals surface area contributed by atoms with Gasteiger partial charge in [0.1, 0.15) is 0 Å². The van der Waals surface area contributed by atoms with Gasteiger partial charge in [0.15, 0.2) is 0 Å². The fraction of sp³-hybridized carbons (Fsp3) is 1.00. The van der Waals surface area contributed by atoms with Gasteiger partial charge in [0.2, 0.25) is 0 Å². The Balaban J connectivity index is 4.35. The fourth-order valence-electron chi connectivity index (χ4n) is 3.09. The predicted octanol–water partition coefficient (Wildman–Crippen LogP) is 2.27. The molecule has 5 nitrogen and oxygen atoms in total. The molecule has 0 aliphatic carbocycles. The average Bonchev–Trinajstić information content (AvgIpc) is 2.42. The lowest BCUT2D eigenvalue weighted by Crippen LogP contribution is -2.49. The van der Waals surface area contributed by atoms with Crippen LogP contribution in [-0.4, -0.2) is 95.5 Å². The molecule has 2 unspecified atom stereocenters. The van der Waals surface area contributed by atoms with Crippen molar-refractivity contribution in [3.05, 3.63) is 0 Å². The third-order valence-electron chi connectivity index (χ3n) is 5.57. The maximum atomic E-state index is 9.62. The molecule has 0 bridgehead atoms. The highest BCUT2D eigenvalue weighted by molar-refractivity contribution is 4.85. The van der Waals surface area contributed by atoms with E-state index in [0.29, 0.717) is 6.54 Å². The highest BCUT2D eigenvalue weighted by atomic mass is 16.3. The van der Waals surface area contributed by atoms with Gasteiger partial charge in [-0.3, -0.25) is 4.90 Å². The molecule has 0 spiro atoms. The normalized spacial score (nSPS) is 16.1. The topological polar surface area (TPSA) is 50.2 Å². The van der Waals surface area contributed by atoms with Gasteiger partial charge in [0.25, 0.3) is 0 Å². The number of nitrogens with zero attached hydrogens (tertiary/aromatic N) is 3. The van der Waals surface area contributed by atoms with Crippen LogP contribution in [0.15, 0.2) is 0 Å². The monoisotopic (exact) mass is 359 g/mol. The van der Waals surface area contributed by atoms with Gasteiger partial charge in [-0.25, -0.2) is 0 Å². The van der Waals surface area contributed by atoms with Gasteiger partial charge in [-0.15, -0.1) is 0 Å². The first-order chi connectivity index (χ1) is 11.3. The Kier molecular flexibility index (Phi) is 10.7. The van der Waals surface area contributed by atoms with Crippen LogP contribution in [0.3, 0.4) is 0 Å². The first-order valence-corrected chi connectivity index (χ1v) is 9.75. The SMILES string of the molecule is CC(O)CN(C)CCCC(C)(C)N(C)CCC(C)(C)N(C)CC(C)O. The van der Waals surface area contributed by atoms with Crippen LogP contribution in [0.5, 0.6) is 0 Å². The molecule has 0 amide bonds. The van der Waals surface area contributed by atoms with E-state index in [4.69, 9.17) is 0 Å². The number of β-amino-alcohol motifs (C(OH)–C–C–N with tert-alkyl or cyclic N) is 1. The van der Waals surface area contributed by atoms with Gasteiger partial charge >= 0.3 is 0 Å². The number of rotatable bonds is 13. The van der Waals surface area contributed by atoms with Crippen molar-refractivity contribution >= 4 is 0 Å². The van der Waals surface area contributed by atoms with Crippen LogP contribution in [-0.2, 0) is 0 Å². The van der Waals surface area contributed by atoms with E-state index in [1.54, 1.807) is 0 Å². The van der Waals surface area contributed by atoms with Crippen molar-refractivity contribution in [2.45, 2.75) is 84.1 Å². The Morgan fingerprint density at radius 2 is 1.20 bits per heavy atom. The van der Waals surface area contributed by atoms with Gasteiger partial charge in [0.05, 0.1) is 12.2 Å². The number of likely N-dealkylation sites (N-methyl/N-ethyl adjacent to an activating group) is 2. The van der Waals surface area contributed by atoms with Crippen LogP contribution in [0.25, 0.3) is 0 Å². The highest BCUT2D eigenvalue weighted by Gasteiger charge is 2.28. The zero-order chi connectivity index (χ0) is 19.8. The summed E-state index contributed by atoms with van der Waals surface area (Å²) in [5, 5.41) is 19.1. The number of hydrogen-bond acceptors (Lipinski definition) is 5.